The molecule has 5 rings (SSSR count). The molecule has 3 aromatic heterocycles. The number of nitrogens with two attached hydrogens (primary N) is 1. The fourth-order valence-corrected chi connectivity index (χ4v) is 4.16. The van der Waals surface area contributed by atoms with Crippen molar-refractivity contribution >= 4 is 23.0 Å². The summed E-state index contributed by atoms with van der Waals surface area (Å²) < 4.78 is 7.23. The number of primary amides is 1. The van der Waals surface area contributed by atoms with Crippen LogP contribution in [0.15, 0.2) is 65.4 Å². The Balaban J connectivity index is 1.56. The molecule has 0 aliphatic carbocycles. The molecule has 1 fully saturated rings. The number of rotatable bonds is 4. The maximum Gasteiger partial charge on any atom is 0.314 e. The SMILES string of the molecule is NC(=O)N1CCCN(C(=O)c2cc(-c3ccccc3)nc3c2cnn3Cc2ccco2)CC1. The number of fused-ring (bicyclic) bond motifs is 1. The highest BCUT2D eigenvalue weighted by Crippen LogP contribution is 2.27. The topological polar surface area (TPSA) is 110 Å². The van der Waals surface area contributed by atoms with Gasteiger partial charge in [0.1, 0.15) is 12.3 Å². The molecule has 168 valence electrons. The molecule has 9 heteroatoms. The lowest BCUT2D eigenvalue weighted by atomic mass is 10.1. The normalized spacial score (nSPS) is 14.4. The van der Waals surface area contributed by atoms with Crippen LogP contribution in [0.25, 0.3) is 22.3 Å². The van der Waals surface area contributed by atoms with E-state index in [9.17, 15) is 9.59 Å². The maximum atomic E-state index is 13.7. The minimum Gasteiger partial charge on any atom is -0.467 e. The quantitative estimate of drug-likeness (QED) is 0.520. The molecule has 3 amide bonds. The highest BCUT2D eigenvalue weighted by Gasteiger charge is 2.25. The first-order chi connectivity index (χ1) is 16.1. The largest absolute Gasteiger partial charge is 0.467 e. The van der Waals surface area contributed by atoms with E-state index in [0.29, 0.717) is 61.4 Å². The zero-order valence-corrected chi connectivity index (χ0v) is 18.1. The monoisotopic (exact) mass is 444 g/mol. The van der Waals surface area contributed by atoms with E-state index in [2.05, 4.69) is 5.10 Å². The number of pyridine rings is 1. The Morgan fingerprint density at radius 3 is 2.55 bits per heavy atom. The van der Waals surface area contributed by atoms with Crippen molar-refractivity contribution in [1.82, 2.24) is 24.6 Å². The van der Waals surface area contributed by atoms with Crippen LogP contribution in [-0.2, 0) is 6.54 Å². The summed E-state index contributed by atoms with van der Waals surface area (Å²) in [5.41, 5.74) is 8.20. The minimum absolute atomic E-state index is 0.108. The third-order valence-corrected chi connectivity index (χ3v) is 5.89. The van der Waals surface area contributed by atoms with Crippen LogP contribution < -0.4 is 5.73 Å². The molecule has 0 radical (unpaired) electrons. The number of carbonyl (C=O) groups excluding carboxylic acids is 2. The molecule has 4 aromatic rings. The molecule has 4 heterocycles. The molecule has 0 saturated carbocycles. The molecular formula is C24H24N6O3. The molecule has 9 nitrogen and oxygen atoms in total. The van der Waals surface area contributed by atoms with Gasteiger partial charge in [-0.05, 0) is 24.6 Å². The van der Waals surface area contributed by atoms with Crippen LogP contribution in [0.5, 0.6) is 0 Å². The zero-order chi connectivity index (χ0) is 22.8. The van der Waals surface area contributed by atoms with Crippen molar-refractivity contribution in [2.45, 2.75) is 13.0 Å². The third-order valence-electron chi connectivity index (χ3n) is 5.89. The molecule has 1 saturated heterocycles. The smallest absolute Gasteiger partial charge is 0.314 e. The van der Waals surface area contributed by atoms with Gasteiger partial charge in [0, 0.05) is 31.7 Å². The molecule has 1 aliphatic rings. The predicted octanol–water partition coefficient (Wildman–Crippen LogP) is 2.97. The Hall–Kier alpha value is -4.14. The highest BCUT2D eigenvalue weighted by molar-refractivity contribution is 6.06. The van der Waals surface area contributed by atoms with Crippen molar-refractivity contribution in [3.05, 3.63) is 72.3 Å². The molecule has 0 unspecified atom stereocenters. The fraction of sp³-hybridized carbons (Fsp3) is 0.250. The summed E-state index contributed by atoms with van der Waals surface area (Å²) in [4.78, 5) is 33.4. The van der Waals surface area contributed by atoms with Crippen LogP contribution in [0.4, 0.5) is 4.79 Å². The lowest BCUT2D eigenvalue weighted by Crippen LogP contribution is -2.39. The molecule has 2 N–H and O–H groups in total. The van der Waals surface area contributed by atoms with E-state index in [0.717, 1.165) is 11.3 Å². The van der Waals surface area contributed by atoms with Crippen molar-refractivity contribution in [2.24, 2.45) is 5.73 Å². The van der Waals surface area contributed by atoms with Crippen molar-refractivity contribution in [1.29, 1.82) is 0 Å². The maximum absolute atomic E-state index is 13.7. The lowest BCUT2D eigenvalue weighted by Gasteiger charge is -2.22. The molecule has 0 bridgehead atoms. The van der Waals surface area contributed by atoms with E-state index in [-0.39, 0.29) is 5.91 Å². The number of benzene rings is 1. The first kappa shape index (κ1) is 20.7. The number of amides is 3. The molecular weight excluding hydrogens is 420 g/mol. The van der Waals surface area contributed by atoms with E-state index in [1.54, 1.807) is 26.9 Å². The van der Waals surface area contributed by atoms with Gasteiger partial charge in [-0.3, -0.25) is 4.79 Å². The van der Waals surface area contributed by atoms with Crippen LogP contribution in [0.3, 0.4) is 0 Å². The van der Waals surface area contributed by atoms with Gasteiger partial charge in [-0.15, -0.1) is 0 Å². The van der Waals surface area contributed by atoms with Crippen molar-refractivity contribution in [3.8, 4) is 11.3 Å². The van der Waals surface area contributed by atoms with Crippen LogP contribution in [0.1, 0.15) is 22.5 Å². The average Bonchev–Trinajstić information content (AvgIpc) is 3.42. The van der Waals surface area contributed by atoms with Gasteiger partial charge >= 0.3 is 6.03 Å². The Morgan fingerprint density at radius 1 is 1.00 bits per heavy atom. The summed E-state index contributed by atoms with van der Waals surface area (Å²) in [7, 11) is 0. The number of hydrogen-bond donors (Lipinski definition) is 1. The Bertz CT molecular complexity index is 1280. The van der Waals surface area contributed by atoms with Crippen LogP contribution in [0.2, 0.25) is 0 Å². The summed E-state index contributed by atoms with van der Waals surface area (Å²) in [6.07, 6.45) is 3.97. The Kier molecular flexibility index (Phi) is 5.52. The summed E-state index contributed by atoms with van der Waals surface area (Å²) in [6, 6.07) is 14.8. The van der Waals surface area contributed by atoms with Gasteiger partial charge in [-0.1, -0.05) is 30.3 Å². The standard InChI is InChI=1S/C24H24N6O3/c25-24(32)29-10-5-9-28(11-12-29)23(31)19-14-21(17-6-2-1-3-7-17)27-22-20(19)15-26-30(22)16-18-8-4-13-33-18/h1-4,6-8,13-15H,5,9-12,16H2,(H2,25,32). The zero-order valence-electron chi connectivity index (χ0n) is 18.1. The average molecular weight is 444 g/mol. The first-order valence-electron chi connectivity index (χ1n) is 10.9. The lowest BCUT2D eigenvalue weighted by molar-refractivity contribution is 0.0764. The summed E-state index contributed by atoms with van der Waals surface area (Å²) in [5.74, 6) is 0.641. The second-order valence-corrected chi connectivity index (χ2v) is 8.01. The number of aromatic nitrogens is 3. The number of hydrogen-bond acceptors (Lipinski definition) is 5. The van der Waals surface area contributed by atoms with E-state index in [1.165, 1.54) is 0 Å². The van der Waals surface area contributed by atoms with Crippen LogP contribution in [0, 0.1) is 0 Å². The molecule has 0 atom stereocenters. The highest BCUT2D eigenvalue weighted by atomic mass is 16.3. The van der Waals surface area contributed by atoms with Gasteiger partial charge < -0.3 is 20.0 Å². The van der Waals surface area contributed by atoms with Gasteiger partial charge in [0.15, 0.2) is 5.65 Å². The van der Waals surface area contributed by atoms with Crippen molar-refractivity contribution in [3.63, 3.8) is 0 Å². The third kappa shape index (κ3) is 4.17. The van der Waals surface area contributed by atoms with Gasteiger partial charge in [0.05, 0.1) is 29.1 Å². The molecule has 1 aromatic carbocycles. The van der Waals surface area contributed by atoms with E-state index in [1.807, 2.05) is 48.5 Å². The number of carbonyl (C=O) groups is 2. The summed E-state index contributed by atoms with van der Waals surface area (Å²) in [6.45, 7) is 2.34. The van der Waals surface area contributed by atoms with E-state index in [4.69, 9.17) is 15.1 Å². The summed E-state index contributed by atoms with van der Waals surface area (Å²) >= 11 is 0. The van der Waals surface area contributed by atoms with Gasteiger partial charge in [0.25, 0.3) is 5.91 Å². The molecule has 33 heavy (non-hydrogen) atoms. The van der Waals surface area contributed by atoms with Crippen LogP contribution >= 0.6 is 0 Å². The van der Waals surface area contributed by atoms with Gasteiger partial charge in [-0.2, -0.15) is 5.10 Å². The minimum atomic E-state index is -0.457. The van der Waals surface area contributed by atoms with Gasteiger partial charge in [0.2, 0.25) is 0 Å². The van der Waals surface area contributed by atoms with Crippen molar-refractivity contribution in [2.75, 3.05) is 26.2 Å². The predicted molar refractivity (Wildman–Crippen MR) is 122 cm³/mol. The second-order valence-electron chi connectivity index (χ2n) is 8.01. The first-order valence-corrected chi connectivity index (χ1v) is 10.9. The van der Waals surface area contributed by atoms with Gasteiger partial charge in [-0.25, -0.2) is 14.5 Å². The second kappa shape index (κ2) is 8.78. The van der Waals surface area contributed by atoms with E-state index < -0.39 is 6.03 Å². The van der Waals surface area contributed by atoms with Crippen LogP contribution in [-0.4, -0.2) is 62.7 Å². The van der Waals surface area contributed by atoms with Crippen molar-refractivity contribution < 1.29 is 14.0 Å². The number of furan rings is 1. The molecule has 1 aliphatic heterocycles. The summed E-state index contributed by atoms with van der Waals surface area (Å²) in [5, 5.41) is 5.18. The number of nitrogens with zero attached hydrogens (tertiary/aromatic N) is 5. The van der Waals surface area contributed by atoms with E-state index >= 15 is 0 Å². The Labute approximate surface area is 190 Å². The Morgan fingerprint density at radius 2 is 1.79 bits per heavy atom. The number of urea groups is 1. The molecule has 0 spiro atoms. The fourth-order valence-electron chi connectivity index (χ4n) is 4.16.